The lowest BCUT2D eigenvalue weighted by Gasteiger charge is -2.47. The topological polar surface area (TPSA) is 155 Å². The van der Waals surface area contributed by atoms with E-state index >= 15 is 0 Å². The number of piperidine rings is 1. The van der Waals surface area contributed by atoms with Crippen molar-refractivity contribution < 1.29 is 48.0 Å². The molecule has 2 saturated heterocycles. The van der Waals surface area contributed by atoms with Crippen molar-refractivity contribution in [2.24, 2.45) is 36.6 Å². The lowest BCUT2D eigenvalue weighted by molar-refractivity contribution is -0.302. The fourth-order valence-electron chi connectivity index (χ4n) is 11.2. The number of hydrogen-bond donors (Lipinski definition) is 2. The van der Waals surface area contributed by atoms with Gasteiger partial charge in [-0.1, -0.05) is 45.4 Å². The predicted octanol–water partition coefficient (Wildman–Crippen LogP) is 8.11. The van der Waals surface area contributed by atoms with Crippen molar-refractivity contribution in [2.75, 3.05) is 33.2 Å². The molecule has 1 aromatic heterocycles. The van der Waals surface area contributed by atoms with E-state index in [4.69, 9.17) is 23.7 Å². The number of nitrogens with zero attached hydrogens (tertiary/aromatic N) is 2. The number of carbonyl (C=O) groups is 4. The molecule has 1 amide bonds. The molecule has 2 N–H and O–H groups in total. The molecule has 4 heterocycles. The zero-order valence-corrected chi connectivity index (χ0v) is 40.7. The number of ether oxygens (including phenoxy) is 5. The first-order chi connectivity index (χ1) is 31.0. The summed E-state index contributed by atoms with van der Waals surface area (Å²) in [7, 11) is 6.92. The Morgan fingerprint density at radius 2 is 1.66 bits per heavy atom. The number of aryl methyl sites for hydroxylation is 1. The first-order valence-corrected chi connectivity index (χ1v) is 24.3. The van der Waals surface area contributed by atoms with Gasteiger partial charge >= 0.3 is 5.97 Å². The SMILES string of the molecule is CCC1/C=C(\C)CC(C)CC(OC)C2OC(O)(C(=O)C(=O)N3CCCCC3C(=O)OC(C(C)=CC3CCC(Nc4ccc5c(ccn5C)c4)C(OC)C3)C(C)CCC1=O)C(C)CC2OC. The number of nitrogens with one attached hydrogen (secondary N) is 1. The summed E-state index contributed by atoms with van der Waals surface area (Å²) < 4.78 is 32.8. The van der Waals surface area contributed by atoms with Crippen molar-refractivity contribution in [3.63, 3.8) is 0 Å². The third kappa shape index (κ3) is 11.6. The summed E-state index contributed by atoms with van der Waals surface area (Å²) in [6.07, 6.45) is 10.7. The van der Waals surface area contributed by atoms with Crippen LogP contribution in [0.4, 0.5) is 5.69 Å². The average molecular weight is 904 g/mol. The summed E-state index contributed by atoms with van der Waals surface area (Å²) >= 11 is 0. The van der Waals surface area contributed by atoms with Crippen molar-refractivity contribution >= 4 is 40.0 Å². The summed E-state index contributed by atoms with van der Waals surface area (Å²) in [5.41, 5.74) is 4.19. The number of allylic oxidation sites excluding steroid dienone is 3. The molecule has 1 aliphatic carbocycles. The minimum absolute atomic E-state index is 0.0588. The molecule has 360 valence electrons. The Kier molecular flexibility index (Phi) is 17.3. The Labute approximate surface area is 387 Å². The van der Waals surface area contributed by atoms with Crippen LogP contribution in [-0.2, 0) is 49.9 Å². The number of benzene rings is 1. The molecule has 13 atom stereocenters. The number of rotatable bonds is 8. The van der Waals surface area contributed by atoms with Crippen molar-refractivity contribution in [1.29, 1.82) is 0 Å². The molecule has 1 saturated carbocycles. The standard InChI is InChI=1S/C52H77N3O10/c1-11-37-25-31(2)24-32(3)26-45(62-9)48-46(63-10)28-35(6)52(60,65-48)49(57)50(58)55-22-13-12-14-42(55)51(59)64-47(33(4)15-20-43(37)56)34(5)27-36-16-18-40(44(29-36)61-8)53-39-17-19-41-38(30-39)21-23-54(41)7/h17,19,21,23,25,27,30,32-33,35-37,40,42,44-48,53,60H,11-16,18,20,22,24,26,28-29H2,1-10H3/b31-25+,34-27?. The third-order valence-electron chi connectivity index (χ3n) is 15.0. The molecule has 65 heavy (non-hydrogen) atoms. The monoisotopic (exact) mass is 904 g/mol. The van der Waals surface area contributed by atoms with Crippen molar-refractivity contribution in [3.05, 3.63) is 53.8 Å². The largest absolute Gasteiger partial charge is 0.456 e. The molecule has 3 aliphatic heterocycles. The minimum atomic E-state index is -2.47. The smallest absolute Gasteiger partial charge is 0.329 e. The van der Waals surface area contributed by atoms with Crippen LogP contribution in [0.3, 0.4) is 0 Å². The second kappa shape index (κ2) is 22.3. The van der Waals surface area contributed by atoms with Gasteiger partial charge in [-0.05, 0) is 132 Å². The number of esters is 1. The van der Waals surface area contributed by atoms with Gasteiger partial charge in [-0.2, -0.15) is 0 Å². The van der Waals surface area contributed by atoms with Gasteiger partial charge in [-0.15, -0.1) is 0 Å². The Bertz CT molecular complexity index is 2040. The van der Waals surface area contributed by atoms with Crippen LogP contribution in [0.2, 0.25) is 0 Å². The number of methoxy groups -OCH3 is 3. The van der Waals surface area contributed by atoms with Crippen molar-refractivity contribution in [2.45, 2.75) is 167 Å². The Balaban J connectivity index is 1.28. The lowest BCUT2D eigenvalue weighted by Crippen LogP contribution is -2.64. The van der Waals surface area contributed by atoms with E-state index in [2.05, 4.69) is 59.4 Å². The molecule has 4 aliphatic rings. The second-order valence-corrected chi connectivity index (χ2v) is 19.9. The number of hydrogen-bond acceptors (Lipinski definition) is 11. The first-order valence-electron chi connectivity index (χ1n) is 24.3. The highest BCUT2D eigenvalue weighted by Crippen LogP contribution is 2.39. The molecule has 13 nitrogen and oxygen atoms in total. The molecule has 2 bridgehead atoms. The van der Waals surface area contributed by atoms with Crippen LogP contribution in [0.1, 0.15) is 119 Å². The van der Waals surface area contributed by atoms with E-state index in [9.17, 15) is 24.3 Å². The average Bonchev–Trinajstić information content (AvgIpc) is 3.67. The fourth-order valence-corrected chi connectivity index (χ4v) is 11.2. The van der Waals surface area contributed by atoms with Crippen molar-refractivity contribution in [3.8, 4) is 0 Å². The van der Waals surface area contributed by atoms with Crippen LogP contribution in [0.5, 0.6) is 0 Å². The normalized spacial score (nSPS) is 36.3. The van der Waals surface area contributed by atoms with E-state index in [0.717, 1.165) is 36.1 Å². The summed E-state index contributed by atoms with van der Waals surface area (Å²) in [5, 5.41) is 17.0. The maximum atomic E-state index is 14.5. The minimum Gasteiger partial charge on any atom is -0.456 e. The maximum absolute atomic E-state index is 14.5. The Hall–Kier alpha value is -3.88. The van der Waals surface area contributed by atoms with Gasteiger partial charge in [0.05, 0.1) is 24.4 Å². The molecule has 2 aromatic rings. The summed E-state index contributed by atoms with van der Waals surface area (Å²) in [5.74, 6) is -6.05. The van der Waals surface area contributed by atoms with E-state index < -0.39 is 59.8 Å². The molecular formula is C52H77N3O10. The van der Waals surface area contributed by atoms with E-state index in [0.29, 0.717) is 51.4 Å². The molecule has 13 unspecified atom stereocenters. The summed E-state index contributed by atoms with van der Waals surface area (Å²) in [6, 6.07) is 7.61. The van der Waals surface area contributed by atoms with Crippen LogP contribution in [0.25, 0.3) is 10.9 Å². The van der Waals surface area contributed by atoms with Gasteiger partial charge in [0.25, 0.3) is 11.7 Å². The Morgan fingerprint density at radius 3 is 2.37 bits per heavy atom. The van der Waals surface area contributed by atoms with Crippen LogP contribution >= 0.6 is 0 Å². The zero-order valence-electron chi connectivity index (χ0n) is 40.7. The Morgan fingerprint density at radius 1 is 0.938 bits per heavy atom. The maximum Gasteiger partial charge on any atom is 0.329 e. The van der Waals surface area contributed by atoms with Crippen LogP contribution in [0, 0.1) is 29.6 Å². The van der Waals surface area contributed by atoms with E-state index in [1.54, 1.807) is 28.3 Å². The van der Waals surface area contributed by atoms with Crippen molar-refractivity contribution in [1.82, 2.24) is 9.47 Å². The van der Waals surface area contributed by atoms with Gasteiger partial charge in [0.1, 0.15) is 24.0 Å². The summed E-state index contributed by atoms with van der Waals surface area (Å²) in [4.78, 5) is 58.5. The molecule has 3 fully saturated rings. The number of cyclic esters (lactones) is 1. The van der Waals surface area contributed by atoms with Gasteiger partial charge < -0.3 is 43.6 Å². The van der Waals surface area contributed by atoms with E-state index in [-0.39, 0.29) is 54.6 Å². The van der Waals surface area contributed by atoms with Crippen LogP contribution in [0.15, 0.2) is 53.8 Å². The number of ketones is 2. The quantitative estimate of drug-likeness (QED) is 0.150. The zero-order chi connectivity index (χ0) is 47.2. The second-order valence-electron chi connectivity index (χ2n) is 19.9. The number of aliphatic hydroxyl groups is 1. The first kappa shape index (κ1) is 50.5. The highest BCUT2D eigenvalue weighted by Gasteiger charge is 2.56. The number of carbonyl (C=O) groups excluding carboxylic acids is 4. The number of Topliss-reactive ketones (excluding diaryl/α,β-unsaturated/α-hetero) is 2. The lowest BCUT2D eigenvalue weighted by atomic mass is 9.81. The van der Waals surface area contributed by atoms with Crippen LogP contribution in [-0.4, -0.2) is 114 Å². The number of aromatic nitrogens is 1. The van der Waals surface area contributed by atoms with Gasteiger partial charge in [-0.3, -0.25) is 14.4 Å². The predicted molar refractivity (Wildman–Crippen MR) is 251 cm³/mol. The van der Waals surface area contributed by atoms with Crippen LogP contribution < -0.4 is 5.32 Å². The van der Waals surface area contributed by atoms with Gasteiger partial charge in [0.15, 0.2) is 0 Å². The number of anilines is 1. The molecule has 1 aromatic carbocycles. The van der Waals surface area contributed by atoms with Gasteiger partial charge in [0, 0.05) is 76.0 Å². The van der Waals surface area contributed by atoms with E-state index in [1.165, 1.54) is 15.8 Å². The number of fused-ring (bicyclic) bond motifs is 4. The summed E-state index contributed by atoms with van der Waals surface area (Å²) in [6.45, 7) is 12.0. The number of amides is 1. The third-order valence-corrected chi connectivity index (χ3v) is 15.0. The molecule has 6 rings (SSSR count). The molecular weight excluding hydrogens is 827 g/mol. The van der Waals surface area contributed by atoms with E-state index in [1.807, 2.05) is 34.7 Å². The fraction of sp³-hybridized carbons (Fsp3) is 0.692. The van der Waals surface area contributed by atoms with Gasteiger partial charge in [0.2, 0.25) is 5.79 Å². The molecule has 13 heteroatoms. The molecule has 0 spiro atoms. The van der Waals surface area contributed by atoms with Gasteiger partial charge in [-0.25, -0.2) is 4.79 Å². The molecule has 0 radical (unpaired) electrons. The highest BCUT2D eigenvalue weighted by molar-refractivity contribution is 6.39. The highest BCUT2D eigenvalue weighted by atomic mass is 16.7.